The van der Waals surface area contributed by atoms with Crippen LogP contribution in [0.15, 0.2) is 107 Å². The summed E-state index contributed by atoms with van der Waals surface area (Å²) in [5.41, 5.74) is 3.56. The number of hydrogen-bond acceptors (Lipinski definition) is 5. The number of rotatable bonds is 6. The number of carbonyl (C=O) groups is 1. The minimum absolute atomic E-state index is 0.0145. The fourth-order valence-corrected chi connectivity index (χ4v) is 10.1. The predicted molar refractivity (Wildman–Crippen MR) is 170 cm³/mol. The van der Waals surface area contributed by atoms with Gasteiger partial charge in [0.2, 0.25) is 20.0 Å². The average molecular weight is 647 g/mol. The molecule has 0 N–H and O–H groups in total. The molecule has 0 aromatic heterocycles. The van der Waals surface area contributed by atoms with Crippen molar-refractivity contribution in [2.75, 3.05) is 6.54 Å². The van der Waals surface area contributed by atoms with Gasteiger partial charge in [-0.05, 0) is 63.1 Å². The molecule has 7 nitrogen and oxygen atoms in total. The van der Waals surface area contributed by atoms with Gasteiger partial charge in [-0.1, -0.05) is 83.4 Å². The molecule has 45 heavy (non-hydrogen) atoms. The quantitative estimate of drug-likeness (QED) is 0.246. The molecule has 0 amide bonds. The number of carbonyl (C=O) groups excluding carboxylic acids is 1. The molecule has 2 fully saturated rings. The molecule has 2 aliphatic rings. The molecule has 0 aliphatic carbocycles. The van der Waals surface area contributed by atoms with Crippen molar-refractivity contribution in [1.82, 2.24) is 8.61 Å². The number of sulfonamides is 2. The molecular formula is C35H35FN2O5S2. The van der Waals surface area contributed by atoms with Crippen molar-refractivity contribution in [2.45, 2.75) is 61.5 Å². The topological polar surface area (TPSA) is 91.8 Å². The standard InChI is InChI=1S/C35H35FN2O5S2/c1-23-8-14-26(15-9-23)32-20-33-30(22-37(32)44(40,41)27-16-10-24(2)11-17-27)35(39)21-34(29-6-4-5-7-31(29)36)38(33)45(42,43)28-18-12-25(3)13-19-28/h4-19,30,32-34H,20-22H2,1-3H3/t30-,32?,33+,34?/m1/s1. The Balaban J connectivity index is 1.52. The summed E-state index contributed by atoms with van der Waals surface area (Å²) in [6.07, 6.45) is -0.262. The Morgan fingerprint density at radius 2 is 1.18 bits per heavy atom. The number of Topliss-reactive ketones (excluding diaryl/α,β-unsaturated/α-hetero) is 1. The number of fused-ring (bicyclic) bond motifs is 1. The van der Waals surface area contributed by atoms with Crippen molar-refractivity contribution >= 4 is 25.8 Å². The second-order valence-electron chi connectivity index (χ2n) is 12.1. The van der Waals surface area contributed by atoms with E-state index in [0.29, 0.717) is 5.56 Å². The summed E-state index contributed by atoms with van der Waals surface area (Å²) in [7, 11) is -8.35. The minimum Gasteiger partial charge on any atom is -0.299 e. The van der Waals surface area contributed by atoms with Crippen molar-refractivity contribution in [3.05, 3.63) is 131 Å². The lowest BCUT2D eigenvalue weighted by atomic mass is 9.77. The number of halogens is 1. The Morgan fingerprint density at radius 1 is 0.667 bits per heavy atom. The Morgan fingerprint density at radius 3 is 1.73 bits per heavy atom. The largest absolute Gasteiger partial charge is 0.299 e. The van der Waals surface area contributed by atoms with Gasteiger partial charge in [0.25, 0.3) is 0 Å². The zero-order chi connectivity index (χ0) is 32.1. The molecule has 0 bridgehead atoms. The maximum absolute atomic E-state index is 15.3. The van der Waals surface area contributed by atoms with E-state index < -0.39 is 49.9 Å². The molecule has 2 aliphatic heterocycles. The van der Waals surface area contributed by atoms with Gasteiger partial charge < -0.3 is 0 Å². The van der Waals surface area contributed by atoms with E-state index in [9.17, 15) is 21.6 Å². The smallest absolute Gasteiger partial charge is 0.243 e. The van der Waals surface area contributed by atoms with Crippen molar-refractivity contribution in [3.63, 3.8) is 0 Å². The van der Waals surface area contributed by atoms with Crippen molar-refractivity contribution in [3.8, 4) is 0 Å². The Hall–Kier alpha value is -3.70. The first kappa shape index (κ1) is 31.3. The molecule has 0 spiro atoms. The SMILES string of the molecule is Cc1ccc(C2C[C@H]3[C@@H](CN2S(=O)(=O)c2ccc(C)cc2)C(=O)CC(c2ccccc2F)N3S(=O)(=O)c2ccc(C)cc2)cc1. The summed E-state index contributed by atoms with van der Waals surface area (Å²) in [5, 5.41) is 0. The second kappa shape index (κ2) is 11.9. The van der Waals surface area contributed by atoms with Gasteiger partial charge in [-0.15, -0.1) is 0 Å². The van der Waals surface area contributed by atoms with E-state index in [1.165, 1.54) is 38.9 Å². The van der Waals surface area contributed by atoms with Crippen molar-refractivity contribution in [2.24, 2.45) is 5.92 Å². The number of ketones is 1. The van der Waals surface area contributed by atoms with E-state index in [4.69, 9.17) is 0 Å². The summed E-state index contributed by atoms with van der Waals surface area (Å²) >= 11 is 0. The number of hydrogen-bond donors (Lipinski definition) is 0. The molecule has 6 rings (SSSR count). The molecule has 0 radical (unpaired) electrons. The first-order chi connectivity index (χ1) is 21.4. The van der Waals surface area contributed by atoms with E-state index in [1.807, 2.05) is 45.0 Å². The van der Waals surface area contributed by atoms with Crippen LogP contribution in [-0.4, -0.2) is 43.8 Å². The van der Waals surface area contributed by atoms with Crippen LogP contribution in [0.3, 0.4) is 0 Å². The third-order valence-corrected chi connectivity index (χ3v) is 12.9. The van der Waals surface area contributed by atoms with E-state index in [1.54, 1.807) is 42.5 Å². The lowest BCUT2D eigenvalue weighted by Crippen LogP contribution is -2.61. The average Bonchev–Trinajstić information content (AvgIpc) is 3.01. The third-order valence-electron chi connectivity index (χ3n) is 9.05. The zero-order valence-corrected chi connectivity index (χ0v) is 26.9. The molecule has 2 unspecified atom stereocenters. The fraction of sp³-hybridized carbons (Fsp3) is 0.286. The van der Waals surface area contributed by atoms with Gasteiger partial charge in [-0.2, -0.15) is 8.61 Å². The van der Waals surface area contributed by atoms with Crippen LogP contribution in [0, 0.1) is 32.5 Å². The van der Waals surface area contributed by atoms with Gasteiger partial charge in [0.05, 0.1) is 21.9 Å². The fourth-order valence-electron chi connectivity index (χ4n) is 6.59. The van der Waals surface area contributed by atoms with Crippen LogP contribution in [0.2, 0.25) is 0 Å². The molecular weight excluding hydrogens is 612 g/mol. The predicted octanol–water partition coefficient (Wildman–Crippen LogP) is 6.28. The lowest BCUT2D eigenvalue weighted by Gasteiger charge is -2.51. The highest BCUT2D eigenvalue weighted by Crippen LogP contribution is 2.48. The van der Waals surface area contributed by atoms with Gasteiger partial charge >= 0.3 is 0 Å². The molecule has 2 saturated heterocycles. The van der Waals surface area contributed by atoms with Gasteiger partial charge in [-0.25, -0.2) is 21.2 Å². The Kier molecular flexibility index (Phi) is 8.28. The van der Waals surface area contributed by atoms with Crippen LogP contribution < -0.4 is 0 Å². The van der Waals surface area contributed by atoms with Gasteiger partial charge in [-0.3, -0.25) is 4.79 Å². The van der Waals surface area contributed by atoms with E-state index >= 15 is 4.39 Å². The maximum Gasteiger partial charge on any atom is 0.243 e. The summed E-state index contributed by atoms with van der Waals surface area (Å²) in [6.45, 7) is 5.44. The van der Waals surface area contributed by atoms with E-state index in [0.717, 1.165) is 16.7 Å². The monoisotopic (exact) mass is 646 g/mol. The molecule has 0 saturated carbocycles. The third kappa shape index (κ3) is 5.76. The molecule has 10 heteroatoms. The summed E-state index contributed by atoms with van der Waals surface area (Å²) in [5.74, 6) is -1.85. The van der Waals surface area contributed by atoms with Crippen LogP contribution in [0.4, 0.5) is 4.39 Å². The lowest BCUT2D eigenvalue weighted by molar-refractivity contribution is -0.132. The van der Waals surface area contributed by atoms with Gasteiger partial charge in [0, 0.05) is 30.5 Å². The second-order valence-corrected chi connectivity index (χ2v) is 15.8. The van der Waals surface area contributed by atoms with Crippen LogP contribution in [0.1, 0.15) is 52.7 Å². The number of piperidine rings is 2. The van der Waals surface area contributed by atoms with Gasteiger partial charge in [0.1, 0.15) is 11.6 Å². The van der Waals surface area contributed by atoms with E-state index in [2.05, 4.69) is 0 Å². The summed E-state index contributed by atoms with van der Waals surface area (Å²) < 4.78 is 75.5. The molecule has 234 valence electrons. The van der Waals surface area contributed by atoms with Crippen LogP contribution in [0.25, 0.3) is 0 Å². The Labute approximate surface area is 264 Å². The van der Waals surface area contributed by atoms with Crippen molar-refractivity contribution in [1.29, 1.82) is 0 Å². The number of benzene rings is 4. The van der Waals surface area contributed by atoms with Crippen LogP contribution in [-0.2, 0) is 24.8 Å². The van der Waals surface area contributed by atoms with Crippen LogP contribution in [0.5, 0.6) is 0 Å². The van der Waals surface area contributed by atoms with Crippen molar-refractivity contribution < 1.29 is 26.0 Å². The highest BCUT2D eigenvalue weighted by molar-refractivity contribution is 7.89. The highest BCUT2D eigenvalue weighted by atomic mass is 32.2. The maximum atomic E-state index is 15.3. The molecule has 4 aromatic rings. The van der Waals surface area contributed by atoms with Gasteiger partial charge in [0.15, 0.2) is 0 Å². The number of nitrogens with zero attached hydrogens (tertiary/aromatic N) is 2. The minimum atomic E-state index is -4.26. The summed E-state index contributed by atoms with van der Waals surface area (Å²) in [4.78, 5) is 14.1. The normalized spacial score (nSPS) is 23.1. The first-order valence-electron chi connectivity index (χ1n) is 14.9. The van der Waals surface area contributed by atoms with E-state index in [-0.39, 0.29) is 40.5 Å². The summed E-state index contributed by atoms with van der Waals surface area (Å²) in [6, 6.07) is 23.6. The highest BCUT2D eigenvalue weighted by Gasteiger charge is 2.54. The molecule has 4 aromatic carbocycles. The molecule has 4 atom stereocenters. The first-order valence-corrected chi connectivity index (χ1v) is 17.8. The van der Waals surface area contributed by atoms with Crippen LogP contribution >= 0.6 is 0 Å². The molecule has 2 heterocycles. The Bertz CT molecular complexity index is 1940. The number of aryl methyl sites for hydroxylation is 3. The zero-order valence-electron chi connectivity index (χ0n) is 25.3.